The standard InChI is InChI=1S/C16H22O3/c1-12-8-10-16(19-3,11-9-12)15(17)13-6-4-5-7-14(13)18-2/h4-7,12H,8-11H2,1-3H3. The van der Waals surface area contributed by atoms with Gasteiger partial charge in [0.1, 0.15) is 11.4 Å². The molecule has 3 nitrogen and oxygen atoms in total. The average molecular weight is 262 g/mol. The van der Waals surface area contributed by atoms with Crippen molar-refractivity contribution in [2.75, 3.05) is 14.2 Å². The first-order valence-electron chi connectivity index (χ1n) is 6.86. The Hall–Kier alpha value is -1.35. The Morgan fingerprint density at radius 1 is 1.21 bits per heavy atom. The number of para-hydroxylation sites is 1. The lowest BCUT2D eigenvalue weighted by Gasteiger charge is -2.37. The third kappa shape index (κ3) is 2.66. The van der Waals surface area contributed by atoms with Crippen LogP contribution in [0.5, 0.6) is 5.75 Å². The molecule has 1 fully saturated rings. The van der Waals surface area contributed by atoms with Gasteiger partial charge < -0.3 is 9.47 Å². The van der Waals surface area contributed by atoms with Gasteiger partial charge >= 0.3 is 0 Å². The lowest BCUT2D eigenvalue weighted by molar-refractivity contribution is -0.0264. The van der Waals surface area contributed by atoms with E-state index in [1.807, 2.05) is 24.3 Å². The van der Waals surface area contributed by atoms with Crippen LogP contribution >= 0.6 is 0 Å². The zero-order valence-electron chi connectivity index (χ0n) is 11.9. The summed E-state index contributed by atoms with van der Waals surface area (Å²) >= 11 is 0. The maximum absolute atomic E-state index is 12.8. The van der Waals surface area contributed by atoms with E-state index in [1.165, 1.54) is 0 Å². The van der Waals surface area contributed by atoms with Crippen LogP contribution in [0.4, 0.5) is 0 Å². The molecule has 2 rings (SSSR count). The lowest BCUT2D eigenvalue weighted by atomic mass is 9.75. The normalized spacial score (nSPS) is 27.0. The Bertz CT molecular complexity index is 445. The molecule has 0 amide bonds. The number of carbonyl (C=O) groups is 1. The van der Waals surface area contributed by atoms with E-state index in [-0.39, 0.29) is 5.78 Å². The second-order valence-corrected chi connectivity index (χ2v) is 5.41. The van der Waals surface area contributed by atoms with Gasteiger partial charge in [0.2, 0.25) is 0 Å². The Balaban J connectivity index is 2.30. The molecule has 0 saturated heterocycles. The maximum Gasteiger partial charge on any atom is 0.198 e. The number of hydrogen-bond donors (Lipinski definition) is 0. The van der Waals surface area contributed by atoms with Crippen LogP contribution in [-0.2, 0) is 4.74 Å². The Labute approximate surface area is 114 Å². The molecular formula is C16H22O3. The molecule has 1 aliphatic rings. The van der Waals surface area contributed by atoms with Crippen LogP contribution in [-0.4, -0.2) is 25.6 Å². The fraction of sp³-hybridized carbons (Fsp3) is 0.562. The first kappa shape index (κ1) is 14.1. The minimum absolute atomic E-state index is 0.0550. The predicted octanol–water partition coefficient (Wildman–Crippen LogP) is 3.47. The minimum atomic E-state index is -0.666. The van der Waals surface area contributed by atoms with Crippen molar-refractivity contribution in [3.63, 3.8) is 0 Å². The van der Waals surface area contributed by atoms with E-state index < -0.39 is 5.60 Å². The molecule has 0 unspecified atom stereocenters. The van der Waals surface area contributed by atoms with Crippen LogP contribution in [0.3, 0.4) is 0 Å². The summed E-state index contributed by atoms with van der Waals surface area (Å²) in [5, 5.41) is 0. The SMILES string of the molecule is COc1ccccc1C(=O)C1(OC)CCC(C)CC1. The van der Waals surface area contributed by atoms with Gasteiger partial charge in [-0.3, -0.25) is 4.79 Å². The van der Waals surface area contributed by atoms with Gasteiger partial charge in [0.05, 0.1) is 12.7 Å². The van der Waals surface area contributed by atoms with Crippen molar-refractivity contribution in [2.24, 2.45) is 5.92 Å². The van der Waals surface area contributed by atoms with Crippen molar-refractivity contribution in [3.8, 4) is 5.75 Å². The molecule has 0 bridgehead atoms. The summed E-state index contributed by atoms with van der Waals surface area (Å²) in [5.41, 5.74) is -0.0392. The number of Topliss-reactive ketones (excluding diaryl/α,β-unsaturated/α-hetero) is 1. The van der Waals surface area contributed by atoms with E-state index in [4.69, 9.17) is 9.47 Å². The van der Waals surface area contributed by atoms with Gasteiger partial charge in [-0.25, -0.2) is 0 Å². The van der Waals surface area contributed by atoms with Gasteiger partial charge in [-0.15, -0.1) is 0 Å². The van der Waals surface area contributed by atoms with E-state index in [2.05, 4.69) is 6.92 Å². The largest absolute Gasteiger partial charge is 0.496 e. The highest BCUT2D eigenvalue weighted by molar-refractivity contribution is 6.04. The minimum Gasteiger partial charge on any atom is -0.496 e. The number of benzene rings is 1. The van der Waals surface area contributed by atoms with Gasteiger partial charge in [-0.05, 0) is 43.7 Å². The zero-order valence-corrected chi connectivity index (χ0v) is 11.9. The molecule has 1 aromatic carbocycles. The average Bonchev–Trinajstić information content (AvgIpc) is 2.47. The van der Waals surface area contributed by atoms with E-state index in [0.717, 1.165) is 25.7 Å². The summed E-state index contributed by atoms with van der Waals surface area (Å²) in [4.78, 5) is 12.8. The third-order valence-electron chi connectivity index (χ3n) is 4.24. The van der Waals surface area contributed by atoms with Gasteiger partial charge in [0.15, 0.2) is 5.78 Å². The maximum atomic E-state index is 12.8. The number of rotatable bonds is 4. The number of ether oxygens (including phenoxy) is 2. The fourth-order valence-electron chi connectivity index (χ4n) is 2.83. The predicted molar refractivity (Wildman–Crippen MR) is 74.7 cm³/mol. The number of methoxy groups -OCH3 is 2. The molecule has 3 heteroatoms. The van der Waals surface area contributed by atoms with Gasteiger partial charge in [-0.1, -0.05) is 19.1 Å². The summed E-state index contributed by atoms with van der Waals surface area (Å²) < 4.78 is 10.9. The Kier molecular flexibility index (Phi) is 4.25. The molecular weight excluding hydrogens is 240 g/mol. The summed E-state index contributed by atoms with van der Waals surface area (Å²) in [6, 6.07) is 7.38. The van der Waals surface area contributed by atoms with Crippen molar-refractivity contribution < 1.29 is 14.3 Å². The highest BCUT2D eigenvalue weighted by atomic mass is 16.5. The smallest absolute Gasteiger partial charge is 0.198 e. The molecule has 1 saturated carbocycles. The fourth-order valence-corrected chi connectivity index (χ4v) is 2.83. The van der Waals surface area contributed by atoms with E-state index in [1.54, 1.807) is 14.2 Å². The third-order valence-corrected chi connectivity index (χ3v) is 4.24. The van der Waals surface area contributed by atoms with E-state index in [9.17, 15) is 4.79 Å². The molecule has 0 aliphatic heterocycles. The van der Waals surface area contributed by atoms with Crippen molar-refractivity contribution in [2.45, 2.75) is 38.2 Å². The number of hydrogen-bond acceptors (Lipinski definition) is 3. The first-order valence-corrected chi connectivity index (χ1v) is 6.86. The number of carbonyl (C=O) groups excluding carboxylic acids is 1. The van der Waals surface area contributed by atoms with Crippen LogP contribution in [0.2, 0.25) is 0 Å². The van der Waals surface area contributed by atoms with Crippen LogP contribution in [0, 0.1) is 5.92 Å². The molecule has 0 spiro atoms. The summed E-state index contributed by atoms with van der Waals surface area (Å²) in [6.07, 6.45) is 3.66. The molecule has 0 radical (unpaired) electrons. The highest BCUT2D eigenvalue weighted by Crippen LogP contribution is 2.38. The van der Waals surface area contributed by atoms with Crippen molar-refractivity contribution in [1.29, 1.82) is 0 Å². The molecule has 1 aliphatic carbocycles. The Morgan fingerprint density at radius 3 is 2.42 bits per heavy atom. The number of ketones is 1. The molecule has 19 heavy (non-hydrogen) atoms. The van der Waals surface area contributed by atoms with Crippen molar-refractivity contribution in [3.05, 3.63) is 29.8 Å². The van der Waals surface area contributed by atoms with Gasteiger partial charge in [0.25, 0.3) is 0 Å². The molecule has 0 heterocycles. The zero-order chi connectivity index (χ0) is 13.9. The Morgan fingerprint density at radius 2 is 1.84 bits per heavy atom. The van der Waals surface area contributed by atoms with Crippen LogP contribution in [0.1, 0.15) is 43.0 Å². The van der Waals surface area contributed by atoms with E-state index in [0.29, 0.717) is 17.2 Å². The lowest BCUT2D eigenvalue weighted by Crippen LogP contribution is -2.44. The second-order valence-electron chi connectivity index (χ2n) is 5.41. The quantitative estimate of drug-likeness (QED) is 0.779. The van der Waals surface area contributed by atoms with Gasteiger partial charge in [-0.2, -0.15) is 0 Å². The van der Waals surface area contributed by atoms with Gasteiger partial charge in [0, 0.05) is 7.11 Å². The van der Waals surface area contributed by atoms with E-state index >= 15 is 0 Å². The van der Waals surface area contributed by atoms with Crippen LogP contribution in [0.25, 0.3) is 0 Å². The second kappa shape index (κ2) is 5.74. The topological polar surface area (TPSA) is 35.5 Å². The van der Waals surface area contributed by atoms with Crippen LogP contribution in [0.15, 0.2) is 24.3 Å². The summed E-state index contributed by atoms with van der Waals surface area (Å²) in [5.74, 6) is 1.36. The molecule has 0 N–H and O–H groups in total. The van der Waals surface area contributed by atoms with Crippen molar-refractivity contribution >= 4 is 5.78 Å². The summed E-state index contributed by atoms with van der Waals surface area (Å²) in [7, 11) is 3.23. The monoisotopic (exact) mass is 262 g/mol. The first-order chi connectivity index (χ1) is 9.13. The summed E-state index contributed by atoms with van der Waals surface area (Å²) in [6.45, 7) is 2.23. The molecule has 1 aromatic rings. The highest BCUT2D eigenvalue weighted by Gasteiger charge is 2.42. The van der Waals surface area contributed by atoms with Crippen LogP contribution < -0.4 is 4.74 Å². The molecule has 104 valence electrons. The molecule has 0 atom stereocenters. The van der Waals surface area contributed by atoms with Crippen molar-refractivity contribution in [1.82, 2.24) is 0 Å². The molecule has 0 aromatic heterocycles.